The molecule has 2 unspecified atom stereocenters. The Balaban J connectivity index is 1.74. The number of hydrogen-bond donors (Lipinski definition) is 1. The molecule has 1 saturated carbocycles. The van der Waals surface area contributed by atoms with Gasteiger partial charge >= 0.3 is 0 Å². The summed E-state index contributed by atoms with van der Waals surface area (Å²) in [5, 5.41) is 0. The Morgan fingerprint density at radius 2 is 1.86 bits per heavy atom. The summed E-state index contributed by atoms with van der Waals surface area (Å²) < 4.78 is 11.7. The SMILES string of the molecule is C[C@@H]1CCCN1C(=O)CC(C[C@H](c1ccccc1)C1CCCCC1)C[PH](=O)O. The third-order valence-electron chi connectivity index (χ3n) is 6.83. The van der Waals surface area contributed by atoms with Gasteiger partial charge in [0.25, 0.3) is 0 Å². The molecule has 5 heteroatoms. The summed E-state index contributed by atoms with van der Waals surface area (Å²) in [6, 6.07) is 10.9. The van der Waals surface area contributed by atoms with Crippen LogP contribution in [-0.2, 0) is 9.36 Å². The highest BCUT2D eigenvalue weighted by atomic mass is 31.1. The van der Waals surface area contributed by atoms with Crippen molar-refractivity contribution >= 4 is 13.9 Å². The van der Waals surface area contributed by atoms with Crippen molar-refractivity contribution in [2.45, 2.75) is 76.7 Å². The Bertz CT molecular complexity index is 645. The van der Waals surface area contributed by atoms with Crippen LogP contribution < -0.4 is 0 Å². The Hall–Kier alpha value is -1.12. The number of carbonyl (C=O) groups is 1. The van der Waals surface area contributed by atoms with E-state index in [2.05, 4.69) is 31.2 Å². The summed E-state index contributed by atoms with van der Waals surface area (Å²) in [5.41, 5.74) is 1.33. The minimum absolute atomic E-state index is 0.0104. The molecule has 4 atom stereocenters. The molecule has 2 aliphatic rings. The molecule has 1 aliphatic heterocycles. The molecular weight excluding hydrogens is 369 g/mol. The minimum atomic E-state index is -2.59. The van der Waals surface area contributed by atoms with Gasteiger partial charge in [-0.3, -0.25) is 9.36 Å². The van der Waals surface area contributed by atoms with Gasteiger partial charge in [-0.1, -0.05) is 49.6 Å². The molecule has 0 aromatic heterocycles. The lowest BCUT2D eigenvalue weighted by Crippen LogP contribution is -2.35. The monoisotopic (exact) mass is 405 g/mol. The van der Waals surface area contributed by atoms with E-state index in [1.54, 1.807) is 0 Å². The number of nitrogens with zero attached hydrogens (tertiary/aromatic N) is 1. The summed E-state index contributed by atoms with van der Waals surface area (Å²) in [6.07, 6.45) is 10.0. The van der Waals surface area contributed by atoms with Gasteiger partial charge in [-0.05, 0) is 62.3 Å². The maximum Gasteiger partial charge on any atom is 0.223 e. The van der Waals surface area contributed by atoms with E-state index < -0.39 is 8.03 Å². The third kappa shape index (κ3) is 5.94. The fraction of sp³-hybridized carbons (Fsp3) is 0.696. The highest BCUT2D eigenvalue weighted by molar-refractivity contribution is 7.38. The van der Waals surface area contributed by atoms with E-state index in [0.29, 0.717) is 24.3 Å². The molecule has 1 aliphatic carbocycles. The van der Waals surface area contributed by atoms with Crippen molar-refractivity contribution in [1.82, 2.24) is 4.90 Å². The third-order valence-corrected chi connectivity index (χ3v) is 7.76. The number of carbonyl (C=O) groups excluding carboxylic acids is 1. The van der Waals surface area contributed by atoms with Crippen LogP contribution in [0.4, 0.5) is 0 Å². The van der Waals surface area contributed by atoms with Crippen molar-refractivity contribution in [3.05, 3.63) is 35.9 Å². The number of likely N-dealkylation sites (tertiary alicyclic amines) is 1. The average molecular weight is 406 g/mol. The minimum Gasteiger partial charge on any atom is -0.346 e. The average Bonchev–Trinajstić information content (AvgIpc) is 3.13. The van der Waals surface area contributed by atoms with E-state index >= 15 is 0 Å². The first-order valence-corrected chi connectivity index (χ1v) is 12.7. The smallest absolute Gasteiger partial charge is 0.223 e. The first-order chi connectivity index (χ1) is 13.5. The first-order valence-electron chi connectivity index (χ1n) is 11.1. The number of rotatable bonds is 8. The normalized spacial score (nSPS) is 24.1. The standard InChI is InChI=1S/C23H36NO3P/c1-18-9-8-14-24(18)23(25)16-19(17-28(26)27)15-22(20-10-4-2-5-11-20)21-12-6-3-7-13-21/h2,4-5,10-11,18-19,21-22,28H,3,6-9,12-17H2,1H3,(H,26,27)/t18-,19?,22-/m1/s1. The quantitative estimate of drug-likeness (QED) is 0.603. The van der Waals surface area contributed by atoms with Crippen LogP contribution in [-0.4, -0.2) is 34.4 Å². The van der Waals surface area contributed by atoms with Crippen LogP contribution in [0.25, 0.3) is 0 Å². The van der Waals surface area contributed by atoms with E-state index in [4.69, 9.17) is 0 Å². The van der Waals surface area contributed by atoms with Gasteiger partial charge in [0.15, 0.2) is 8.03 Å². The second-order valence-electron chi connectivity index (χ2n) is 8.90. The Kier molecular flexibility index (Phi) is 8.17. The number of benzene rings is 1. The zero-order valence-electron chi connectivity index (χ0n) is 17.2. The molecule has 156 valence electrons. The molecule has 28 heavy (non-hydrogen) atoms. The van der Waals surface area contributed by atoms with Crippen molar-refractivity contribution in [3.8, 4) is 0 Å². The van der Waals surface area contributed by atoms with Crippen LogP contribution in [0.15, 0.2) is 30.3 Å². The van der Waals surface area contributed by atoms with Gasteiger partial charge < -0.3 is 9.79 Å². The molecule has 1 saturated heterocycles. The van der Waals surface area contributed by atoms with Crippen molar-refractivity contribution in [1.29, 1.82) is 0 Å². The molecule has 2 fully saturated rings. The fourth-order valence-corrected chi connectivity index (χ4v) is 6.16. The Morgan fingerprint density at radius 1 is 1.14 bits per heavy atom. The van der Waals surface area contributed by atoms with Crippen LogP contribution >= 0.6 is 8.03 Å². The molecule has 0 spiro atoms. The van der Waals surface area contributed by atoms with Gasteiger partial charge in [-0.25, -0.2) is 0 Å². The number of hydrogen-bond acceptors (Lipinski definition) is 2. The van der Waals surface area contributed by atoms with E-state index in [1.165, 1.54) is 37.7 Å². The molecular formula is C23H36NO3P. The maximum atomic E-state index is 12.9. The van der Waals surface area contributed by atoms with Gasteiger partial charge in [0.05, 0.1) is 0 Å². The van der Waals surface area contributed by atoms with E-state index in [0.717, 1.165) is 25.8 Å². The fourth-order valence-electron chi connectivity index (χ4n) is 5.35. The largest absolute Gasteiger partial charge is 0.346 e. The molecule has 1 heterocycles. The lowest BCUT2D eigenvalue weighted by atomic mass is 9.73. The zero-order chi connectivity index (χ0) is 19.9. The lowest BCUT2D eigenvalue weighted by Gasteiger charge is -2.33. The van der Waals surface area contributed by atoms with Crippen LogP contribution in [0.3, 0.4) is 0 Å². The molecule has 1 aromatic carbocycles. The summed E-state index contributed by atoms with van der Waals surface area (Å²) in [5.74, 6) is 1.18. The maximum absolute atomic E-state index is 12.9. The van der Waals surface area contributed by atoms with Gasteiger partial charge in [-0.2, -0.15) is 0 Å². The molecule has 1 amide bonds. The second-order valence-corrected chi connectivity index (χ2v) is 10.1. The van der Waals surface area contributed by atoms with Crippen molar-refractivity contribution < 1.29 is 14.3 Å². The molecule has 0 radical (unpaired) electrons. The first kappa shape index (κ1) is 21.6. The predicted molar refractivity (Wildman–Crippen MR) is 115 cm³/mol. The van der Waals surface area contributed by atoms with Gasteiger partial charge in [-0.15, -0.1) is 0 Å². The van der Waals surface area contributed by atoms with Gasteiger partial charge in [0.2, 0.25) is 5.91 Å². The van der Waals surface area contributed by atoms with Gasteiger partial charge in [0, 0.05) is 25.2 Å². The predicted octanol–water partition coefficient (Wildman–Crippen LogP) is 5.22. The van der Waals surface area contributed by atoms with Crippen LogP contribution in [0.5, 0.6) is 0 Å². The van der Waals surface area contributed by atoms with Crippen LogP contribution in [0, 0.1) is 11.8 Å². The van der Waals surface area contributed by atoms with Gasteiger partial charge in [0.1, 0.15) is 0 Å². The van der Waals surface area contributed by atoms with Crippen molar-refractivity contribution in [2.75, 3.05) is 12.7 Å². The number of amides is 1. The summed E-state index contributed by atoms with van der Waals surface area (Å²) in [6.45, 7) is 2.95. The summed E-state index contributed by atoms with van der Waals surface area (Å²) in [7, 11) is -2.59. The summed E-state index contributed by atoms with van der Waals surface area (Å²) >= 11 is 0. The highest BCUT2D eigenvalue weighted by Crippen LogP contribution is 2.41. The molecule has 4 nitrogen and oxygen atoms in total. The second kappa shape index (κ2) is 10.6. The zero-order valence-corrected chi connectivity index (χ0v) is 18.2. The van der Waals surface area contributed by atoms with Crippen LogP contribution in [0.1, 0.15) is 76.2 Å². The molecule has 3 rings (SSSR count). The Morgan fingerprint density at radius 3 is 2.46 bits per heavy atom. The topological polar surface area (TPSA) is 57.6 Å². The van der Waals surface area contributed by atoms with E-state index in [1.807, 2.05) is 11.0 Å². The Labute approximate surface area is 170 Å². The van der Waals surface area contributed by atoms with Crippen molar-refractivity contribution in [3.63, 3.8) is 0 Å². The lowest BCUT2D eigenvalue weighted by molar-refractivity contribution is -0.132. The van der Waals surface area contributed by atoms with E-state index in [9.17, 15) is 14.3 Å². The van der Waals surface area contributed by atoms with Crippen molar-refractivity contribution in [2.24, 2.45) is 11.8 Å². The summed E-state index contributed by atoms with van der Waals surface area (Å²) in [4.78, 5) is 24.5. The van der Waals surface area contributed by atoms with Crippen LogP contribution in [0.2, 0.25) is 0 Å². The molecule has 0 bridgehead atoms. The van der Waals surface area contributed by atoms with E-state index in [-0.39, 0.29) is 18.0 Å². The molecule has 1 N–H and O–H groups in total. The molecule has 1 aromatic rings. The highest BCUT2D eigenvalue weighted by Gasteiger charge is 2.31.